The van der Waals surface area contributed by atoms with E-state index in [-0.39, 0.29) is 6.04 Å². The number of aryl methyl sites for hydroxylation is 1. The summed E-state index contributed by atoms with van der Waals surface area (Å²) >= 11 is 6.07. The van der Waals surface area contributed by atoms with Gasteiger partial charge in [-0.25, -0.2) is 0 Å². The highest BCUT2D eigenvalue weighted by atomic mass is 35.5. The molecule has 1 aromatic carbocycles. The molecule has 78 valence electrons. The Morgan fingerprint density at radius 3 is 2.43 bits per heavy atom. The first-order chi connectivity index (χ1) is 6.49. The third-order valence-corrected chi connectivity index (χ3v) is 2.74. The Hall–Kier alpha value is -0.730. The van der Waals surface area contributed by atoms with Crippen LogP contribution in [0.5, 0.6) is 5.75 Å². The Kier molecular flexibility index (Phi) is 3.40. The van der Waals surface area contributed by atoms with E-state index in [9.17, 15) is 0 Å². The van der Waals surface area contributed by atoms with E-state index in [0.717, 1.165) is 16.7 Å². The zero-order chi connectivity index (χ0) is 10.9. The Bertz CT molecular complexity index is 348. The van der Waals surface area contributed by atoms with Gasteiger partial charge in [0.15, 0.2) is 0 Å². The van der Waals surface area contributed by atoms with Crippen molar-refractivity contribution in [2.45, 2.75) is 26.8 Å². The van der Waals surface area contributed by atoms with Crippen LogP contribution in [-0.2, 0) is 0 Å². The smallest absolute Gasteiger partial charge is 0.142 e. The van der Waals surface area contributed by atoms with Crippen molar-refractivity contribution in [3.8, 4) is 5.75 Å². The van der Waals surface area contributed by atoms with E-state index in [1.54, 1.807) is 7.11 Å². The molecule has 14 heavy (non-hydrogen) atoms. The standard InChI is InChI=1S/C11H16ClNO/c1-6-5-9(12)11(14-4)10(7(6)2)8(3)13/h5,8H,13H2,1-4H3. The van der Waals surface area contributed by atoms with Crippen LogP contribution in [0.1, 0.15) is 29.7 Å². The van der Waals surface area contributed by atoms with E-state index in [4.69, 9.17) is 22.1 Å². The van der Waals surface area contributed by atoms with Crippen LogP contribution in [0.4, 0.5) is 0 Å². The average Bonchev–Trinajstić information content (AvgIpc) is 2.10. The van der Waals surface area contributed by atoms with Crippen LogP contribution in [0, 0.1) is 13.8 Å². The van der Waals surface area contributed by atoms with Crippen molar-refractivity contribution in [1.82, 2.24) is 0 Å². The van der Waals surface area contributed by atoms with Gasteiger partial charge < -0.3 is 10.5 Å². The monoisotopic (exact) mass is 213 g/mol. The Morgan fingerprint density at radius 2 is 2.00 bits per heavy atom. The summed E-state index contributed by atoms with van der Waals surface area (Å²) in [6, 6.07) is 1.84. The van der Waals surface area contributed by atoms with Gasteiger partial charge in [0.05, 0.1) is 12.1 Å². The lowest BCUT2D eigenvalue weighted by molar-refractivity contribution is 0.406. The van der Waals surface area contributed by atoms with Gasteiger partial charge in [0.2, 0.25) is 0 Å². The lowest BCUT2D eigenvalue weighted by Gasteiger charge is -2.18. The molecule has 2 nitrogen and oxygen atoms in total. The summed E-state index contributed by atoms with van der Waals surface area (Å²) in [6.45, 7) is 5.99. The number of benzene rings is 1. The highest BCUT2D eigenvalue weighted by molar-refractivity contribution is 6.32. The minimum atomic E-state index is -0.0673. The second-order valence-corrected chi connectivity index (χ2v) is 3.94. The van der Waals surface area contributed by atoms with Gasteiger partial charge in [-0.2, -0.15) is 0 Å². The SMILES string of the molecule is COc1c(Cl)cc(C)c(C)c1C(C)N. The number of ether oxygens (including phenoxy) is 1. The van der Waals surface area contributed by atoms with Crippen LogP contribution in [-0.4, -0.2) is 7.11 Å². The van der Waals surface area contributed by atoms with Gasteiger partial charge in [0.1, 0.15) is 5.75 Å². The van der Waals surface area contributed by atoms with Gasteiger partial charge in [-0.3, -0.25) is 0 Å². The molecular formula is C11H16ClNO. The fraction of sp³-hybridized carbons (Fsp3) is 0.455. The summed E-state index contributed by atoms with van der Waals surface area (Å²) in [6.07, 6.45) is 0. The number of hydrogen-bond donors (Lipinski definition) is 1. The Morgan fingerprint density at radius 1 is 1.43 bits per heavy atom. The van der Waals surface area contributed by atoms with Crippen LogP contribution in [0.25, 0.3) is 0 Å². The second kappa shape index (κ2) is 4.20. The molecule has 0 radical (unpaired) electrons. The Balaban J connectivity index is 3.48. The summed E-state index contributed by atoms with van der Waals surface area (Å²) in [5.41, 5.74) is 9.18. The van der Waals surface area contributed by atoms with Gasteiger partial charge in [-0.05, 0) is 38.0 Å². The number of halogens is 1. The van der Waals surface area contributed by atoms with Crippen LogP contribution < -0.4 is 10.5 Å². The zero-order valence-corrected chi connectivity index (χ0v) is 9.77. The first-order valence-electron chi connectivity index (χ1n) is 4.58. The van der Waals surface area contributed by atoms with Crippen molar-refractivity contribution in [3.63, 3.8) is 0 Å². The summed E-state index contributed by atoms with van der Waals surface area (Å²) in [5, 5.41) is 0.628. The molecule has 3 heteroatoms. The van der Waals surface area contributed by atoms with E-state index in [1.165, 1.54) is 0 Å². The van der Waals surface area contributed by atoms with E-state index < -0.39 is 0 Å². The summed E-state index contributed by atoms with van der Waals surface area (Å²) < 4.78 is 5.26. The highest BCUT2D eigenvalue weighted by Crippen LogP contribution is 2.36. The van der Waals surface area contributed by atoms with Gasteiger partial charge >= 0.3 is 0 Å². The maximum atomic E-state index is 6.07. The largest absolute Gasteiger partial charge is 0.495 e. The van der Waals surface area contributed by atoms with E-state index in [1.807, 2.05) is 26.8 Å². The third-order valence-electron chi connectivity index (χ3n) is 2.46. The molecule has 0 aliphatic heterocycles. The van der Waals surface area contributed by atoms with Gasteiger partial charge in [-0.1, -0.05) is 11.6 Å². The van der Waals surface area contributed by atoms with Crippen LogP contribution in [0.3, 0.4) is 0 Å². The van der Waals surface area contributed by atoms with Crippen molar-refractivity contribution in [2.75, 3.05) is 7.11 Å². The molecule has 0 aromatic heterocycles. The van der Waals surface area contributed by atoms with Crippen LogP contribution in [0.15, 0.2) is 6.07 Å². The zero-order valence-electron chi connectivity index (χ0n) is 9.02. The molecule has 0 aliphatic rings. The Labute approximate surface area is 90.0 Å². The molecule has 1 aromatic rings. The molecule has 2 N–H and O–H groups in total. The van der Waals surface area contributed by atoms with E-state index in [2.05, 4.69) is 0 Å². The number of nitrogens with two attached hydrogens (primary N) is 1. The lowest BCUT2D eigenvalue weighted by Crippen LogP contribution is -2.10. The molecule has 0 spiro atoms. The summed E-state index contributed by atoms with van der Waals surface area (Å²) in [4.78, 5) is 0. The molecule has 0 fully saturated rings. The first kappa shape index (κ1) is 11.3. The maximum absolute atomic E-state index is 6.07. The predicted molar refractivity (Wildman–Crippen MR) is 60.1 cm³/mol. The molecular weight excluding hydrogens is 198 g/mol. The summed E-state index contributed by atoms with van der Waals surface area (Å²) in [5.74, 6) is 0.699. The van der Waals surface area contributed by atoms with Crippen molar-refractivity contribution >= 4 is 11.6 Å². The number of rotatable bonds is 2. The molecule has 0 aliphatic carbocycles. The van der Waals surface area contributed by atoms with Crippen LogP contribution >= 0.6 is 11.6 Å². The average molecular weight is 214 g/mol. The molecule has 1 atom stereocenters. The van der Waals surface area contributed by atoms with Crippen molar-refractivity contribution in [1.29, 1.82) is 0 Å². The normalized spacial score (nSPS) is 12.7. The summed E-state index contributed by atoms with van der Waals surface area (Å²) in [7, 11) is 1.61. The fourth-order valence-corrected chi connectivity index (χ4v) is 1.97. The molecule has 0 amide bonds. The van der Waals surface area contributed by atoms with E-state index in [0.29, 0.717) is 10.8 Å². The maximum Gasteiger partial charge on any atom is 0.142 e. The second-order valence-electron chi connectivity index (χ2n) is 3.54. The topological polar surface area (TPSA) is 35.2 Å². The molecule has 0 saturated heterocycles. The van der Waals surface area contributed by atoms with Gasteiger partial charge in [-0.15, -0.1) is 0 Å². The molecule has 1 rings (SSSR count). The molecule has 1 unspecified atom stereocenters. The third kappa shape index (κ3) is 1.86. The number of hydrogen-bond acceptors (Lipinski definition) is 2. The molecule has 0 bridgehead atoms. The van der Waals surface area contributed by atoms with Crippen molar-refractivity contribution < 1.29 is 4.74 Å². The quantitative estimate of drug-likeness (QED) is 0.820. The molecule has 0 saturated carbocycles. The van der Waals surface area contributed by atoms with Crippen molar-refractivity contribution in [3.05, 3.63) is 27.8 Å². The van der Waals surface area contributed by atoms with E-state index >= 15 is 0 Å². The molecule has 0 heterocycles. The first-order valence-corrected chi connectivity index (χ1v) is 4.96. The van der Waals surface area contributed by atoms with Crippen molar-refractivity contribution in [2.24, 2.45) is 5.73 Å². The van der Waals surface area contributed by atoms with Crippen LogP contribution in [0.2, 0.25) is 5.02 Å². The van der Waals surface area contributed by atoms with Gasteiger partial charge in [0, 0.05) is 11.6 Å². The lowest BCUT2D eigenvalue weighted by atomic mass is 9.97. The minimum absolute atomic E-state index is 0.0673. The number of methoxy groups -OCH3 is 1. The van der Waals surface area contributed by atoms with Gasteiger partial charge in [0.25, 0.3) is 0 Å². The highest BCUT2D eigenvalue weighted by Gasteiger charge is 2.16. The minimum Gasteiger partial charge on any atom is -0.495 e. The fourth-order valence-electron chi connectivity index (χ4n) is 1.63. The predicted octanol–water partition coefficient (Wildman–Crippen LogP) is 2.99.